The van der Waals surface area contributed by atoms with Crippen molar-refractivity contribution in [2.24, 2.45) is 10.3 Å². The first-order chi connectivity index (χ1) is 19.9. The van der Waals surface area contributed by atoms with Crippen LogP contribution in [0.4, 0.5) is 23.0 Å². The standard InChI is InChI=1S/C27H25ClN8O4S/c1-40-20-12-13-21(28)24(17-20)30-25-26(31-23-11-4-3-10-22(23)29-25)36(41(38)39)19-9-7-8-18(16-19)27(37)32-33-34-35-14-5-2-6-15-35/h3-4,7-13,16-17H,2,5-6,14-15H2,1H3,(H-,29,30,38,39). The molecule has 1 unspecified atom stereocenters. The minimum atomic E-state index is -2.87. The summed E-state index contributed by atoms with van der Waals surface area (Å²) in [6.07, 6.45) is 3.16. The van der Waals surface area contributed by atoms with Crippen molar-refractivity contribution in [2.45, 2.75) is 19.3 Å². The lowest BCUT2D eigenvalue weighted by Gasteiger charge is -2.27. The number of para-hydroxylation sites is 2. The summed E-state index contributed by atoms with van der Waals surface area (Å²) in [6, 6.07) is 18.0. The van der Waals surface area contributed by atoms with Crippen molar-refractivity contribution in [3.05, 3.63) is 77.3 Å². The van der Waals surface area contributed by atoms with E-state index in [2.05, 4.69) is 30.5 Å². The van der Waals surface area contributed by atoms with Gasteiger partial charge in [-0.2, -0.15) is 5.01 Å². The minimum absolute atomic E-state index is 0.0396. The lowest BCUT2D eigenvalue weighted by molar-refractivity contribution is 0.0989. The van der Waals surface area contributed by atoms with Gasteiger partial charge in [-0.3, -0.25) is 13.3 Å². The molecule has 1 fully saturated rings. The molecule has 1 N–H and O–H groups in total. The SMILES string of the molecule is COc1ccc(Cl)c(Nc2nc3ccccc3nc2N(c2cccc(C(=O)N=[N+]=NN3CCCCC3)c2)S(=O)[O-])c1. The smallest absolute Gasteiger partial charge is 0.335 e. The minimum Gasteiger partial charge on any atom is -0.755 e. The van der Waals surface area contributed by atoms with E-state index in [0.717, 1.165) is 36.7 Å². The Hall–Kier alpha value is -4.42. The van der Waals surface area contributed by atoms with E-state index in [4.69, 9.17) is 16.3 Å². The Morgan fingerprint density at radius 1 is 1.07 bits per heavy atom. The largest absolute Gasteiger partial charge is 0.755 e. The number of benzene rings is 3. The van der Waals surface area contributed by atoms with Crippen LogP contribution in [0.1, 0.15) is 29.6 Å². The number of halogens is 1. The highest BCUT2D eigenvalue weighted by molar-refractivity contribution is 7.81. The average Bonchev–Trinajstić information content (AvgIpc) is 2.99. The van der Waals surface area contributed by atoms with Crippen molar-refractivity contribution in [1.82, 2.24) is 19.9 Å². The van der Waals surface area contributed by atoms with Gasteiger partial charge in [0.15, 0.2) is 11.6 Å². The van der Waals surface area contributed by atoms with Gasteiger partial charge in [0.2, 0.25) is 5.22 Å². The van der Waals surface area contributed by atoms with E-state index >= 15 is 0 Å². The molecule has 0 radical (unpaired) electrons. The monoisotopic (exact) mass is 592 g/mol. The van der Waals surface area contributed by atoms with Crippen LogP contribution in [0.15, 0.2) is 77.1 Å². The lowest BCUT2D eigenvalue weighted by atomic mass is 10.2. The van der Waals surface area contributed by atoms with E-state index < -0.39 is 17.2 Å². The zero-order chi connectivity index (χ0) is 28.8. The molecule has 1 amide bonds. The highest BCUT2D eigenvalue weighted by Crippen LogP contribution is 2.36. The number of nitrogens with zero attached hydrogens (tertiary/aromatic N) is 7. The Kier molecular flexibility index (Phi) is 8.80. The first-order valence-corrected chi connectivity index (χ1v) is 14.1. The van der Waals surface area contributed by atoms with Crippen molar-refractivity contribution >= 4 is 62.8 Å². The van der Waals surface area contributed by atoms with Gasteiger partial charge in [-0.05, 0) is 61.7 Å². The number of ether oxygens (including phenoxy) is 1. The summed E-state index contributed by atoms with van der Waals surface area (Å²) < 4.78 is 31.6. The van der Waals surface area contributed by atoms with Crippen LogP contribution in [0.3, 0.4) is 0 Å². The summed E-state index contributed by atoms with van der Waals surface area (Å²) in [4.78, 5) is 25.7. The molecule has 1 aliphatic rings. The van der Waals surface area contributed by atoms with Crippen LogP contribution in [0, 0.1) is 0 Å². The Morgan fingerprint density at radius 2 is 1.83 bits per heavy atom. The molecule has 3 aromatic carbocycles. The van der Waals surface area contributed by atoms with Crippen molar-refractivity contribution in [1.29, 1.82) is 0 Å². The number of aromatic nitrogens is 2. The summed E-state index contributed by atoms with van der Waals surface area (Å²) in [6.45, 7) is 1.52. The number of amides is 1. The molecule has 0 saturated carbocycles. The molecule has 1 aliphatic heterocycles. The molecule has 2 heterocycles. The van der Waals surface area contributed by atoms with E-state index in [0.29, 0.717) is 27.5 Å². The maximum Gasteiger partial charge on any atom is 0.335 e. The Bertz CT molecular complexity index is 1670. The number of rotatable bonds is 8. The average molecular weight is 593 g/mol. The fourth-order valence-electron chi connectivity index (χ4n) is 4.26. The van der Waals surface area contributed by atoms with Gasteiger partial charge >= 0.3 is 5.91 Å². The molecular formula is C27H25ClN8O4S. The van der Waals surface area contributed by atoms with Crippen LogP contribution < -0.4 is 19.3 Å². The molecule has 0 bridgehead atoms. The second kappa shape index (κ2) is 12.8. The third-order valence-electron chi connectivity index (χ3n) is 6.28. The van der Waals surface area contributed by atoms with Crippen LogP contribution >= 0.6 is 11.6 Å². The van der Waals surface area contributed by atoms with Gasteiger partial charge < -0.3 is 14.6 Å². The summed E-state index contributed by atoms with van der Waals surface area (Å²) in [5, 5.41) is 12.9. The van der Waals surface area contributed by atoms with Gasteiger partial charge in [0, 0.05) is 11.6 Å². The predicted molar refractivity (Wildman–Crippen MR) is 155 cm³/mol. The Balaban J connectivity index is 1.54. The normalized spacial score (nSPS) is 13.7. The van der Waals surface area contributed by atoms with Crippen LogP contribution in [-0.4, -0.2) is 49.8 Å². The molecule has 1 aromatic heterocycles. The second-order valence-electron chi connectivity index (χ2n) is 9.02. The number of carbonyl (C=O) groups excluding carboxylic acids is 1. The second-order valence-corrected chi connectivity index (χ2v) is 10.2. The van der Waals surface area contributed by atoms with Gasteiger partial charge in [0.25, 0.3) is 0 Å². The van der Waals surface area contributed by atoms with Gasteiger partial charge in [-0.15, -0.1) is 0 Å². The predicted octanol–water partition coefficient (Wildman–Crippen LogP) is 5.48. The number of nitrogens with one attached hydrogen (secondary N) is 1. The quantitative estimate of drug-likeness (QED) is 0.160. The molecular weight excluding hydrogens is 568 g/mol. The maximum absolute atomic E-state index is 12.8. The molecule has 210 valence electrons. The molecule has 0 spiro atoms. The number of piperidine rings is 1. The van der Waals surface area contributed by atoms with Crippen molar-refractivity contribution < 1.29 is 18.3 Å². The first kappa shape index (κ1) is 28.1. The van der Waals surface area contributed by atoms with E-state index in [9.17, 15) is 13.6 Å². The lowest BCUT2D eigenvalue weighted by Crippen LogP contribution is -2.24. The molecule has 1 atom stereocenters. The fourth-order valence-corrected chi connectivity index (χ4v) is 4.98. The molecule has 0 aliphatic carbocycles. The molecule has 1 saturated heterocycles. The third kappa shape index (κ3) is 6.67. The number of anilines is 4. The number of hydrogen-bond donors (Lipinski definition) is 1. The van der Waals surface area contributed by atoms with Crippen molar-refractivity contribution in [2.75, 3.05) is 29.8 Å². The van der Waals surface area contributed by atoms with Crippen LogP contribution in [0.2, 0.25) is 5.02 Å². The van der Waals surface area contributed by atoms with Crippen LogP contribution in [-0.2, 0) is 11.3 Å². The molecule has 5 rings (SSSR count). The number of carbonyl (C=O) groups is 1. The van der Waals surface area contributed by atoms with E-state index in [1.54, 1.807) is 53.5 Å². The van der Waals surface area contributed by atoms with E-state index in [-0.39, 0.29) is 22.9 Å². The van der Waals surface area contributed by atoms with E-state index in [1.165, 1.54) is 25.3 Å². The van der Waals surface area contributed by atoms with Gasteiger partial charge in [-0.1, -0.05) is 29.8 Å². The number of methoxy groups -OCH3 is 1. The summed E-state index contributed by atoms with van der Waals surface area (Å²) in [5.41, 5.74) is 1.67. The number of fused-ring (bicyclic) bond motifs is 1. The molecule has 12 nitrogen and oxygen atoms in total. The third-order valence-corrected chi connectivity index (χ3v) is 7.29. The molecule has 14 heteroatoms. The first-order valence-electron chi connectivity index (χ1n) is 12.7. The zero-order valence-corrected chi connectivity index (χ0v) is 23.5. The highest BCUT2D eigenvalue weighted by atomic mass is 35.5. The fraction of sp³-hybridized carbons (Fsp3) is 0.222. The van der Waals surface area contributed by atoms with E-state index in [1.807, 2.05) is 0 Å². The maximum atomic E-state index is 12.8. The topological polar surface area (TPSA) is 150 Å². The molecule has 4 aromatic rings. The Morgan fingerprint density at radius 3 is 2.56 bits per heavy atom. The van der Waals surface area contributed by atoms with Crippen molar-refractivity contribution in [3.63, 3.8) is 0 Å². The summed E-state index contributed by atoms with van der Waals surface area (Å²) in [7, 11) is 1.52. The van der Waals surface area contributed by atoms with Gasteiger partial charge in [0.1, 0.15) is 18.8 Å². The molecule has 41 heavy (non-hydrogen) atoms. The Labute approximate surface area is 243 Å². The van der Waals surface area contributed by atoms with Gasteiger partial charge in [0.05, 0.1) is 55.8 Å². The summed E-state index contributed by atoms with van der Waals surface area (Å²) in [5.74, 6) is -0.0683. The van der Waals surface area contributed by atoms with Crippen LogP contribution in [0.5, 0.6) is 5.75 Å². The summed E-state index contributed by atoms with van der Waals surface area (Å²) >= 11 is 3.55. The number of hydrogen-bond acceptors (Lipinski definition) is 8. The van der Waals surface area contributed by atoms with Crippen LogP contribution in [0.25, 0.3) is 11.0 Å². The van der Waals surface area contributed by atoms with Gasteiger partial charge in [-0.25, -0.2) is 9.97 Å². The van der Waals surface area contributed by atoms with Crippen molar-refractivity contribution in [3.8, 4) is 5.75 Å². The highest BCUT2D eigenvalue weighted by Gasteiger charge is 2.22. The zero-order valence-electron chi connectivity index (χ0n) is 21.9.